The van der Waals surface area contributed by atoms with Crippen molar-refractivity contribution in [3.63, 3.8) is 0 Å². The molecular weight excluding hydrogens is 414 g/mol. The van der Waals surface area contributed by atoms with Crippen LogP contribution in [0.5, 0.6) is 17.4 Å². The highest BCUT2D eigenvalue weighted by Crippen LogP contribution is 2.30. The minimum absolute atomic E-state index is 0.0793. The molecule has 0 aliphatic heterocycles. The van der Waals surface area contributed by atoms with Gasteiger partial charge < -0.3 is 18.6 Å². The normalized spacial score (nSPS) is 10.6. The molecule has 0 radical (unpaired) electrons. The van der Waals surface area contributed by atoms with Gasteiger partial charge >= 0.3 is 12.2 Å². The highest BCUT2D eigenvalue weighted by atomic mass is 16.6. The lowest BCUT2D eigenvalue weighted by Crippen LogP contribution is -2.42. The third-order valence-corrected chi connectivity index (χ3v) is 4.19. The lowest BCUT2D eigenvalue weighted by atomic mass is 10.3. The van der Waals surface area contributed by atoms with Crippen molar-refractivity contribution in [1.82, 2.24) is 9.97 Å². The molecule has 4 aromatic rings. The fraction of sp³-hybridized carbons (Fsp3) is 0.130. The average molecular weight is 433 g/mol. The molecule has 2 aromatic heterocycles. The molecule has 2 amide bonds. The van der Waals surface area contributed by atoms with Crippen LogP contribution in [-0.2, 0) is 0 Å². The molecule has 0 bridgehead atoms. The van der Waals surface area contributed by atoms with Gasteiger partial charge in [0.1, 0.15) is 22.8 Å². The van der Waals surface area contributed by atoms with E-state index in [4.69, 9.17) is 18.6 Å². The number of carbonyl (C=O) groups is 2. The molecule has 0 spiro atoms. The van der Waals surface area contributed by atoms with E-state index in [9.17, 15) is 9.59 Å². The van der Waals surface area contributed by atoms with Gasteiger partial charge in [0.25, 0.3) is 5.88 Å². The minimum atomic E-state index is -1.04. The van der Waals surface area contributed by atoms with Crippen molar-refractivity contribution in [3.05, 3.63) is 72.5 Å². The molecule has 0 unspecified atom stereocenters. The highest BCUT2D eigenvalue weighted by Gasteiger charge is 2.33. The first-order valence-electron chi connectivity index (χ1n) is 9.80. The van der Waals surface area contributed by atoms with E-state index in [1.807, 2.05) is 0 Å². The van der Waals surface area contributed by atoms with E-state index in [0.29, 0.717) is 16.2 Å². The summed E-state index contributed by atoms with van der Waals surface area (Å²) in [7, 11) is 0. The fourth-order valence-electron chi connectivity index (χ4n) is 2.85. The predicted octanol–water partition coefficient (Wildman–Crippen LogP) is 5.13. The summed E-state index contributed by atoms with van der Waals surface area (Å²) < 4.78 is 21.8. The first kappa shape index (κ1) is 20.9. The Balaban J connectivity index is 1.78. The van der Waals surface area contributed by atoms with Crippen molar-refractivity contribution in [3.8, 4) is 17.4 Å². The van der Waals surface area contributed by atoms with Crippen LogP contribution in [-0.4, -0.2) is 28.8 Å². The summed E-state index contributed by atoms with van der Waals surface area (Å²) in [6, 6.07) is 18.3. The number of fused-ring (bicyclic) bond motifs is 1. The Morgan fingerprint density at radius 2 is 1.47 bits per heavy atom. The number of amides is 2. The number of nitrogens with zero attached hydrogens (tertiary/aromatic N) is 3. The second kappa shape index (κ2) is 9.17. The number of imide groups is 1. The third-order valence-electron chi connectivity index (χ3n) is 4.19. The first-order chi connectivity index (χ1) is 15.5. The maximum atomic E-state index is 13.1. The van der Waals surface area contributed by atoms with Crippen LogP contribution in [0.1, 0.15) is 12.7 Å². The van der Waals surface area contributed by atoms with Gasteiger partial charge in [0.2, 0.25) is 11.5 Å². The molecule has 4 rings (SSSR count). The van der Waals surface area contributed by atoms with Gasteiger partial charge in [-0.3, -0.25) is 0 Å². The highest BCUT2D eigenvalue weighted by molar-refractivity contribution is 6.11. The third kappa shape index (κ3) is 4.51. The molecule has 0 aliphatic carbocycles. The fourth-order valence-corrected chi connectivity index (χ4v) is 2.85. The zero-order valence-electron chi connectivity index (χ0n) is 17.3. The van der Waals surface area contributed by atoms with E-state index in [1.165, 1.54) is 0 Å². The maximum absolute atomic E-state index is 13.1. The number of ether oxygens (including phenoxy) is 3. The Bertz CT molecular complexity index is 1190. The van der Waals surface area contributed by atoms with Gasteiger partial charge in [0.05, 0.1) is 6.61 Å². The lowest BCUT2D eigenvalue weighted by Gasteiger charge is -2.20. The standard InChI is InChI=1S/C23H19N3O6/c1-3-29-21-19(24-18-14-15(2)30-20(18)25-21)26(22(27)31-16-10-6-4-7-11-16)23(28)32-17-12-8-5-9-13-17/h4-14H,3H2,1-2H3. The summed E-state index contributed by atoms with van der Waals surface area (Å²) in [5.74, 6) is 0.776. The van der Waals surface area contributed by atoms with Crippen LogP contribution in [0.3, 0.4) is 0 Å². The molecular formula is C23H19N3O6. The number of anilines is 1. The Morgan fingerprint density at radius 1 is 0.906 bits per heavy atom. The molecule has 0 saturated heterocycles. The molecule has 9 heteroatoms. The number of carbonyl (C=O) groups excluding carboxylic acids is 2. The van der Waals surface area contributed by atoms with E-state index >= 15 is 0 Å². The van der Waals surface area contributed by atoms with Crippen LogP contribution in [0.2, 0.25) is 0 Å². The van der Waals surface area contributed by atoms with Crippen molar-refractivity contribution in [2.24, 2.45) is 0 Å². The number of aryl methyl sites for hydroxylation is 1. The van der Waals surface area contributed by atoms with Gasteiger partial charge in [0.15, 0.2) is 0 Å². The van der Waals surface area contributed by atoms with Crippen LogP contribution in [0.15, 0.2) is 71.1 Å². The summed E-state index contributed by atoms with van der Waals surface area (Å²) in [5.41, 5.74) is 0.550. The molecule has 0 fully saturated rings. The van der Waals surface area contributed by atoms with E-state index in [1.54, 1.807) is 80.6 Å². The van der Waals surface area contributed by atoms with Crippen molar-refractivity contribution in [1.29, 1.82) is 0 Å². The predicted molar refractivity (Wildman–Crippen MR) is 115 cm³/mol. The second-order valence-electron chi connectivity index (χ2n) is 6.53. The van der Waals surface area contributed by atoms with E-state index in [0.717, 1.165) is 0 Å². The summed E-state index contributed by atoms with van der Waals surface area (Å²) in [5, 5.41) is 0. The van der Waals surface area contributed by atoms with Crippen LogP contribution >= 0.6 is 0 Å². The molecule has 2 aromatic carbocycles. The van der Waals surface area contributed by atoms with Gasteiger partial charge in [-0.25, -0.2) is 14.6 Å². The van der Waals surface area contributed by atoms with Crippen LogP contribution in [0.4, 0.5) is 15.4 Å². The summed E-state index contributed by atoms with van der Waals surface area (Å²) in [6.45, 7) is 3.68. The van der Waals surface area contributed by atoms with Crippen molar-refractivity contribution in [2.75, 3.05) is 11.5 Å². The van der Waals surface area contributed by atoms with Gasteiger partial charge in [-0.1, -0.05) is 36.4 Å². The second-order valence-corrected chi connectivity index (χ2v) is 6.53. The monoisotopic (exact) mass is 433 g/mol. The van der Waals surface area contributed by atoms with Gasteiger partial charge in [-0.2, -0.15) is 9.88 Å². The largest absolute Gasteiger partial charge is 0.475 e. The Kier molecular flexibility index (Phi) is 5.98. The number of para-hydroxylation sites is 2. The lowest BCUT2D eigenvalue weighted by molar-refractivity contribution is 0.190. The molecule has 0 N–H and O–H groups in total. The minimum Gasteiger partial charge on any atom is -0.475 e. The van der Waals surface area contributed by atoms with E-state index in [-0.39, 0.29) is 35.5 Å². The molecule has 0 atom stereocenters. The summed E-state index contributed by atoms with van der Waals surface area (Å²) in [4.78, 5) is 35.5. The molecule has 32 heavy (non-hydrogen) atoms. The number of benzene rings is 2. The Hall–Kier alpha value is -4.40. The maximum Gasteiger partial charge on any atom is 0.430 e. The van der Waals surface area contributed by atoms with Crippen LogP contribution < -0.4 is 19.1 Å². The smallest absolute Gasteiger partial charge is 0.430 e. The topological polar surface area (TPSA) is 104 Å². The van der Waals surface area contributed by atoms with Crippen molar-refractivity contribution < 1.29 is 28.2 Å². The molecule has 162 valence electrons. The Labute approximate surface area is 183 Å². The number of rotatable bonds is 5. The van der Waals surface area contributed by atoms with Gasteiger partial charge in [-0.05, 0) is 38.1 Å². The number of furan rings is 1. The van der Waals surface area contributed by atoms with Crippen molar-refractivity contribution in [2.45, 2.75) is 13.8 Å². The summed E-state index contributed by atoms with van der Waals surface area (Å²) in [6.07, 6.45) is -2.07. The molecule has 0 saturated carbocycles. The van der Waals surface area contributed by atoms with E-state index in [2.05, 4.69) is 9.97 Å². The quantitative estimate of drug-likeness (QED) is 0.426. The summed E-state index contributed by atoms with van der Waals surface area (Å²) >= 11 is 0. The van der Waals surface area contributed by atoms with Gasteiger partial charge in [-0.15, -0.1) is 0 Å². The van der Waals surface area contributed by atoms with Crippen LogP contribution in [0, 0.1) is 6.92 Å². The first-order valence-corrected chi connectivity index (χ1v) is 9.80. The molecule has 2 heterocycles. The zero-order chi connectivity index (χ0) is 22.5. The Morgan fingerprint density at radius 3 is 2.00 bits per heavy atom. The van der Waals surface area contributed by atoms with Crippen molar-refractivity contribution >= 4 is 29.2 Å². The molecule has 0 aliphatic rings. The molecule has 9 nitrogen and oxygen atoms in total. The van der Waals surface area contributed by atoms with E-state index < -0.39 is 12.2 Å². The number of hydrogen-bond acceptors (Lipinski definition) is 8. The SMILES string of the molecule is CCOc1nc2oc(C)cc2nc1N(C(=O)Oc1ccccc1)C(=O)Oc1ccccc1. The average Bonchev–Trinajstić information content (AvgIpc) is 3.14. The number of hydrogen-bond donors (Lipinski definition) is 0. The zero-order valence-corrected chi connectivity index (χ0v) is 17.3. The number of aromatic nitrogens is 2. The van der Waals surface area contributed by atoms with Crippen LogP contribution in [0.25, 0.3) is 11.2 Å². The van der Waals surface area contributed by atoms with Gasteiger partial charge in [0, 0.05) is 6.07 Å².